The number of morpholine rings is 1. The summed E-state index contributed by atoms with van der Waals surface area (Å²) in [4.78, 5) is 1.94. The van der Waals surface area contributed by atoms with Gasteiger partial charge in [0, 0.05) is 26.7 Å². The van der Waals surface area contributed by atoms with Gasteiger partial charge in [-0.25, -0.2) is 4.39 Å². The maximum absolute atomic E-state index is 13.5. The average molecular weight is 238 g/mol. The number of benzene rings is 1. The van der Waals surface area contributed by atoms with Gasteiger partial charge >= 0.3 is 0 Å². The van der Waals surface area contributed by atoms with Gasteiger partial charge in [0.15, 0.2) is 0 Å². The Hall–Kier alpha value is -1.13. The summed E-state index contributed by atoms with van der Waals surface area (Å²) in [5.41, 5.74) is 0.649. The molecule has 0 bridgehead atoms. The van der Waals surface area contributed by atoms with Gasteiger partial charge in [-0.3, -0.25) is 0 Å². The van der Waals surface area contributed by atoms with Crippen LogP contribution in [0.2, 0.25) is 0 Å². The Bertz CT molecular complexity index is 353. The third-order valence-electron chi connectivity index (χ3n) is 3.05. The molecule has 2 rings (SSSR count). The third kappa shape index (κ3) is 3.41. The van der Waals surface area contributed by atoms with Gasteiger partial charge in [0.05, 0.1) is 18.4 Å². The molecular weight excluding hydrogens is 219 g/mol. The first-order chi connectivity index (χ1) is 8.27. The number of anilines is 1. The normalized spacial score (nSPS) is 20.2. The van der Waals surface area contributed by atoms with Gasteiger partial charge in [0.1, 0.15) is 5.82 Å². The number of ether oxygens (including phenoxy) is 1. The Morgan fingerprint density at radius 2 is 2.29 bits per heavy atom. The summed E-state index contributed by atoms with van der Waals surface area (Å²) in [7, 11) is 1.91. The van der Waals surface area contributed by atoms with Crippen molar-refractivity contribution in [1.29, 1.82) is 0 Å². The lowest BCUT2D eigenvalue weighted by molar-refractivity contribution is 0.0250. The standard InChI is InChI=1S/C13H19FN2O/c1-16(13-5-3-2-4-12(13)14)8-6-11-10-15-7-9-17-11/h2-5,11,15H,6-10H2,1H3. The first kappa shape index (κ1) is 12.3. The van der Waals surface area contributed by atoms with Crippen LogP contribution >= 0.6 is 0 Å². The third-order valence-corrected chi connectivity index (χ3v) is 3.05. The van der Waals surface area contributed by atoms with E-state index in [4.69, 9.17) is 4.74 Å². The quantitative estimate of drug-likeness (QED) is 0.863. The van der Waals surface area contributed by atoms with Crippen LogP contribution in [-0.4, -0.2) is 39.4 Å². The lowest BCUT2D eigenvalue weighted by Gasteiger charge is -2.26. The molecule has 0 radical (unpaired) electrons. The molecule has 94 valence electrons. The van der Waals surface area contributed by atoms with Crippen LogP contribution in [0.1, 0.15) is 6.42 Å². The predicted octanol–water partition coefficient (Wildman–Crippen LogP) is 1.64. The van der Waals surface area contributed by atoms with Crippen LogP contribution in [0.25, 0.3) is 0 Å². The second-order valence-electron chi connectivity index (χ2n) is 4.36. The molecule has 0 aromatic heterocycles. The molecular formula is C13H19FN2O. The molecule has 0 aliphatic carbocycles. The summed E-state index contributed by atoms with van der Waals surface area (Å²) in [6, 6.07) is 6.86. The molecule has 1 fully saturated rings. The van der Waals surface area contributed by atoms with E-state index in [2.05, 4.69) is 5.32 Å². The summed E-state index contributed by atoms with van der Waals surface area (Å²) in [5.74, 6) is -0.169. The van der Waals surface area contributed by atoms with Crippen molar-refractivity contribution in [3.05, 3.63) is 30.1 Å². The van der Waals surface area contributed by atoms with Crippen molar-refractivity contribution in [2.24, 2.45) is 0 Å². The first-order valence-corrected chi connectivity index (χ1v) is 6.05. The zero-order valence-electron chi connectivity index (χ0n) is 10.2. The van der Waals surface area contributed by atoms with Crippen molar-refractivity contribution in [3.63, 3.8) is 0 Å². The molecule has 1 aliphatic heterocycles. The van der Waals surface area contributed by atoms with E-state index in [0.29, 0.717) is 5.69 Å². The van der Waals surface area contributed by atoms with Crippen molar-refractivity contribution >= 4 is 5.69 Å². The van der Waals surface area contributed by atoms with Crippen LogP contribution < -0.4 is 10.2 Å². The van der Waals surface area contributed by atoms with Gasteiger partial charge in [-0.15, -0.1) is 0 Å². The molecule has 17 heavy (non-hydrogen) atoms. The highest BCUT2D eigenvalue weighted by atomic mass is 19.1. The van der Waals surface area contributed by atoms with Crippen LogP contribution in [0, 0.1) is 5.82 Å². The Balaban J connectivity index is 1.84. The number of hydrogen-bond donors (Lipinski definition) is 1. The van der Waals surface area contributed by atoms with E-state index < -0.39 is 0 Å². The maximum Gasteiger partial charge on any atom is 0.146 e. The molecule has 1 unspecified atom stereocenters. The smallest absolute Gasteiger partial charge is 0.146 e. The summed E-state index contributed by atoms with van der Waals surface area (Å²) in [6.07, 6.45) is 1.16. The number of nitrogens with one attached hydrogen (secondary N) is 1. The predicted molar refractivity (Wildman–Crippen MR) is 66.9 cm³/mol. The van der Waals surface area contributed by atoms with E-state index in [1.807, 2.05) is 18.0 Å². The summed E-state index contributed by atoms with van der Waals surface area (Å²) >= 11 is 0. The first-order valence-electron chi connectivity index (χ1n) is 6.05. The van der Waals surface area contributed by atoms with Gasteiger partial charge in [-0.05, 0) is 18.6 Å². The van der Waals surface area contributed by atoms with Crippen molar-refractivity contribution in [2.75, 3.05) is 38.2 Å². The molecule has 4 heteroatoms. The van der Waals surface area contributed by atoms with Crippen LogP contribution in [-0.2, 0) is 4.74 Å². The number of halogens is 1. The van der Waals surface area contributed by atoms with Crippen LogP contribution in [0.3, 0.4) is 0 Å². The van der Waals surface area contributed by atoms with E-state index >= 15 is 0 Å². The number of hydrogen-bond acceptors (Lipinski definition) is 3. The summed E-state index contributed by atoms with van der Waals surface area (Å²) in [5, 5.41) is 3.29. The summed E-state index contributed by atoms with van der Waals surface area (Å²) < 4.78 is 19.1. The molecule has 1 saturated heterocycles. The van der Waals surface area contributed by atoms with E-state index in [1.54, 1.807) is 12.1 Å². The van der Waals surface area contributed by atoms with E-state index in [9.17, 15) is 4.39 Å². The van der Waals surface area contributed by atoms with Gasteiger partial charge in [0.2, 0.25) is 0 Å². The van der Waals surface area contributed by atoms with E-state index in [0.717, 1.165) is 32.7 Å². The summed E-state index contributed by atoms with van der Waals surface area (Å²) in [6.45, 7) is 3.39. The molecule has 0 amide bonds. The molecule has 1 heterocycles. The molecule has 0 spiro atoms. The zero-order valence-corrected chi connectivity index (χ0v) is 10.2. The lowest BCUT2D eigenvalue weighted by Crippen LogP contribution is -2.40. The molecule has 0 saturated carbocycles. The van der Waals surface area contributed by atoms with Crippen LogP contribution in [0.4, 0.5) is 10.1 Å². The fourth-order valence-electron chi connectivity index (χ4n) is 2.02. The van der Waals surface area contributed by atoms with Gasteiger partial charge in [0.25, 0.3) is 0 Å². The Morgan fingerprint density at radius 3 is 3.00 bits per heavy atom. The Kier molecular flexibility index (Phi) is 4.34. The Morgan fingerprint density at radius 1 is 1.47 bits per heavy atom. The van der Waals surface area contributed by atoms with Crippen molar-refractivity contribution in [3.8, 4) is 0 Å². The van der Waals surface area contributed by atoms with E-state index in [-0.39, 0.29) is 11.9 Å². The molecule has 3 nitrogen and oxygen atoms in total. The van der Waals surface area contributed by atoms with Gasteiger partial charge < -0.3 is 15.0 Å². The molecule has 1 aliphatic rings. The van der Waals surface area contributed by atoms with Crippen LogP contribution in [0.15, 0.2) is 24.3 Å². The SMILES string of the molecule is CN(CCC1CNCCO1)c1ccccc1F. The highest BCUT2D eigenvalue weighted by molar-refractivity contribution is 5.46. The fourth-order valence-corrected chi connectivity index (χ4v) is 2.02. The van der Waals surface area contributed by atoms with Crippen molar-refractivity contribution < 1.29 is 9.13 Å². The number of rotatable bonds is 4. The minimum atomic E-state index is -0.169. The zero-order chi connectivity index (χ0) is 12.1. The van der Waals surface area contributed by atoms with Gasteiger partial charge in [-0.1, -0.05) is 12.1 Å². The van der Waals surface area contributed by atoms with Crippen molar-refractivity contribution in [2.45, 2.75) is 12.5 Å². The maximum atomic E-state index is 13.5. The highest BCUT2D eigenvalue weighted by Crippen LogP contribution is 2.17. The minimum absolute atomic E-state index is 0.169. The second-order valence-corrected chi connectivity index (χ2v) is 4.36. The van der Waals surface area contributed by atoms with Crippen molar-refractivity contribution in [1.82, 2.24) is 5.32 Å². The Labute approximate surface area is 102 Å². The highest BCUT2D eigenvalue weighted by Gasteiger charge is 2.14. The molecule has 1 aromatic rings. The second kappa shape index (κ2) is 5.98. The number of para-hydroxylation sites is 1. The largest absolute Gasteiger partial charge is 0.376 e. The monoisotopic (exact) mass is 238 g/mol. The average Bonchev–Trinajstić information content (AvgIpc) is 2.38. The lowest BCUT2D eigenvalue weighted by atomic mass is 10.2. The van der Waals surface area contributed by atoms with Gasteiger partial charge in [-0.2, -0.15) is 0 Å². The number of nitrogens with zero attached hydrogens (tertiary/aromatic N) is 1. The van der Waals surface area contributed by atoms with Crippen LogP contribution in [0.5, 0.6) is 0 Å². The molecule has 1 atom stereocenters. The molecule has 1 N–H and O–H groups in total. The molecule has 1 aromatic carbocycles. The topological polar surface area (TPSA) is 24.5 Å². The fraction of sp³-hybridized carbons (Fsp3) is 0.538. The minimum Gasteiger partial charge on any atom is -0.376 e. The van der Waals surface area contributed by atoms with E-state index in [1.165, 1.54) is 6.07 Å².